The number of methoxy groups -OCH3 is 1. The summed E-state index contributed by atoms with van der Waals surface area (Å²) in [5.41, 5.74) is 2.95. The Kier molecular flexibility index (Phi) is 4.50. The summed E-state index contributed by atoms with van der Waals surface area (Å²) in [7, 11) is 1.65. The fourth-order valence-corrected chi connectivity index (χ4v) is 2.27. The van der Waals surface area contributed by atoms with Gasteiger partial charge >= 0.3 is 0 Å². The molecule has 0 fully saturated rings. The Balaban J connectivity index is 2.23. The van der Waals surface area contributed by atoms with E-state index < -0.39 is 5.82 Å². The van der Waals surface area contributed by atoms with Crippen LogP contribution < -0.4 is 10.1 Å². The van der Waals surface area contributed by atoms with Crippen molar-refractivity contribution in [2.24, 2.45) is 0 Å². The Morgan fingerprint density at radius 2 is 1.95 bits per heavy atom. The number of aryl methyl sites for hydroxylation is 1. The molecule has 0 bridgehead atoms. The molecule has 0 aromatic heterocycles. The highest BCUT2D eigenvalue weighted by Crippen LogP contribution is 2.29. The maximum Gasteiger partial charge on any atom is 0.141 e. The predicted molar refractivity (Wildman–Crippen MR) is 81.2 cm³/mol. The van der Waals surface area contributed by atoms with Crippen LogP contribution in [0.15, 0.2) is 36.4 Å². The Morgan fingerprint density at radius 3 is 2.60 bits per heavy atom. The number of nitrogens with one attached hydrogen (secondary N) is 1. The molecular weight excluding hydrogens is 277 g/mol. The first-order valence-corrected chi connectivity index (χ1v) is 6.75. The van der Waals surface area contributed by atoms with Gasteiger partial charge in [0.15, 0.2) is 0 Å². The second-order valence-corrected chi connectivity index (χ2v) is 5.15. The van der Waals surface area contributed by atoms with Crippen LogP contribution in [0, 0.1) is 12.7 Å². The van der Waals surface area contributed by atoms with Gasteiger partial charge in [-0.1, -0.05) is 23.7 Å². The molecule has 2 nitrogen and oxygen atoms in total. The zero-order valence-electron chi connectivity index (χ0n) is 11.7. The summed E-state index contributed by atoms with van der Waals surface area (Å²) in [5.74, 6) is 0.413. The first kappa shape index (κ1) is 14.7. The summed E-state index contributed by atoms with van der Waals surface area (Å²) in [6.07, 6.45) is 0. The minimum absolute atomic E-state index is 0.0204. The van der Waals surface area contributed by atoms with Crippen molar-refractivity contribution in [3.05, 3.63) is 58.4 Å². The molecule has 2 aromatic rings. The zero-order chi connectivity index (χ0) is 14.7. The minimum atomic E-state index is -0.419. The van der Waals surface area contributed by atoms with Gasteiger partial charge < -0.3 is 10.1 Å². The number of hydrogen-bond donors (Lipinski definition) is 1. The quantitative estimate of drug-likeness (QED) is 0.859. The fraction of sp³-hybridized carbons (Fsp3) is 0.250. The number of halogens is 2. The standard InChI is InChI=1S/C16H17ClFNO/c1-10-4-6-13(16(8-10)20-3)11(2)19-12-5-7-15(18)14(17)9-12/h4-9,11,19H,1-3H3. The van der Waals surface area contributed by atoms with E-state index >= 15 is 0 Å². The van der Waals surface area contributed by atoms with E-state index in [2.05, 4.69) is 5.32 Å². The van der Waals surface area contributed by atoms with E-state index in [0.717, 1.165) is 22.6 Å². The molecule has 0 aliphatic carbocycles. The van der Waals surface area contributed by atoms with Crippen LogP contribution in [0.4, 0.5) is 10.1 Å². The van der Waals surface area contributed by atoms with Crippen molar-refractivity contribution in [2.75, 3.05) is 12.4 Å². The van der Waals surface area contributed by atoms with E-state index in [1.165, 1.54) is 6.07 Å². The van der Waals surface area contributed by atoms with Crippen molar-refractivity contribution in [3.63, 3.8) is 0 Å². The van der Waals surface area contributed by atoms with Gasteiger partial charge in [0.1, 0.15) is 11.6 Å². The van der Waals surface area contributed by atoms with Crippen LogP contribution in [0.2, 0.25) is 5.02 Å². The number of benzene rings is 2. The van der Waals surface area contributed by atoms with Gasteiger partial charge in [0.05, 0.1) is 18.2 Å². The normalized spacial score (nSPS) is 12.1. The minimum Gasteiger partial charge on any atom is -0.496 e. The van der Waals surface area contributed by atoms with Crippen molar-refractivity contribution in [1.29, 1.82) is 0 Å². The highest BCUT2D eigenvalue weighted by molar-refractivity contribution is 6.31. The third-order valence-corrected chi connectivity index (χ3v) is 3.45. The zero-order valence-corrected chi connectivity index (χ0v) is 12.5. The molecule has 1 N–H and O–H groups in total. The molecule has 0 spiro atoms. The lowest BCUT2D eigenvalue weighted by atomic mass is 10.0. The largest absolute Gasteiger partial charge is 0.496 e. The van der Waals surface area contributed by atoms with Crippen molar-refractivity contribution in [3.8, 4) is 5.75 Å². The summed E-state index contributed by atoms with van der Waals surface area (Å²) < 4.78 is 18.5. The van der Waals surface area contributed by atoms with E-state index in [-0.39, 0.29) is 11.1 Å². The molecule has 20 heavy (non-hydrogen) atoms. The average molecular weight is 294 g/mol. The molecule has 2 aromatic carbocycles. The van der Waals surface area contributed by atoms with Crippen LogP contribution in [0.3, 0.4) is 0 Å². The Bertz CT molecular complexity index is 615. The summed E-state index contributed by atoms with van der Waals surface area (Å²) in [6, 6.07) is 10.7. The van der Waals surface area contributed by atoms with Crippen LogP contribution in [0.5, 0.6) is 5.75 Å². The lowest BCUT2D eigenvalue weighted by molar-refractivity contribution is 0.407. The first-order valence-electron chi connectivity index (χ1n) is 6.37. The number of ether oxygens (including phenoxy) is 1. The van der Waals surface area contributed by atoms with Crippen molar-refractivity contribution in [2.45, 2.75) is 19.9 Å². The van der Waals surface area contributed by atoms with Crippen molar-refractivity contribution >= 4 is 17.3 Å². The first-order chi connectivity index (χ1) is 9.51. The topological polar surface area (TPSA) is 21.3 Å². The highest BCUT2D eigenvalue weighted by Gasteiger charge is 2.12. The van der Waals surface area contributed by atoms with E-state index in [1.54, 1.807) is 19.2 Å². The van der Waals surface area contributed by atoms with Gasteiger partial charge in [-0.2, -0.15) is 0 Å². The maximum atomic E-state index is 13.1. The van der Waals surface area contributed by atoms with Crippen LogP contribution in [0.25, 0.3) is 0 Å². The van der Waals surface area contributed by atoms with Gasteiger partial charge in [0.25, 0.3) is 0 Å². The van der Waals surface area contributed by atoms with Crippen LogP contribution in [-0.2, 0) is 0 Å². The van der Waals surface area contributed by atoms with Crippen LogP contribution in [0.1, 0.15) is 24.1 Å². The molecule has 0 radical (unpaired) electrons. The summed E-state index contributed by atoms with van der Waals surface area (Å²) in [4.78, 5) is 0. The number of anilines is 1. The lowest BCUT2D eigenvalue weighted by Crippen LogP contribution is -2.08. The molecule has 0 aliphatic heterocycles. The highest BCUT2D eigenvalue weighted by atomic mass is 35.5. The molecule has 0 saturated carbocycles. The third-order valence-electron chi connectivity index (χ3n) is 3.16. The van der Waals surface area contributed by atoms with Gasteiger partial charge in [-0.3, -0.25) is 0 Å². The molecule has 4 heteroatoms. The Hall–Kier alpha value is -1.74. The van der Waals surface area contributed by atoms with E-state index in [9.17, 15) is 4.39 Å². The fourth-order valence-electron chi connectivity index (χ4n) is 2.09. The predicted octanol–water partition coefficient (Wildman–Crippen LogP) is 4.97. The molecule has 2 rings (SSSR count). The second kappa shape index (κ2) is 6.14. The number of hydrogen-bond acceptors (Lipinski definition) is 2. The Labute approximate surface area is 123 Å². The average Bonchev–Trinajstić information content (AvgIpc) is 2.42. The van der Waals surface area contributed by atoms with Gasteiger partial charge in [-0.05, 0) is 43.7 Å². The van der Waals surface area contributed by atoms with E-state index in [0.29, 0.717) is 0 Å². The smallest absolute Gasteiger partial charge is 0.141 e. The third kappa shape index (κ3) is 3.23. The SMILES string of the molecule is COc1cc(C)ccc1C(C)Nc1ccc(F)c(Cl)c1. The molecule has 0 saturated heterocycles. The van der Waals surface area contributed by atoms with Crippen LogP contribution in [-0.4, -0.2) is 7.11 Å². The van der Waals surface area contributed by atoms with Crippen molar-refractivity contribution < 1.29 is 9.13 Å². The molecule has 1 atom stereocenters. The van der Waals surface area contributed by atoms with E-state index in [1.807, 2.05) is 32.0 Å². The number of rotatable bonds is 4. The maximum absolute atomic E-state index is 13.1. The van der Waals surface area contributed by atoms with Gasteiger partial charge in [-0.25, -0.2) is 4.39 Å². The Morgan fingerprint density at radius 1 is 1.20 bits per heavy atom. The van der Waals surface area contributed by atoms with Gasteiger partial charge in [0, 0.05) is 11.3 Å². The molecule has 0 heterocycles. The molecular formula is C16H17ClFNO. The summed E-state index contributed by atoms with van der Waals surface area (Å²) in [5, 5.41) is 3.40. The monoisotopic (exact) mass is 293 g/mol. The lowest BCUT2D eigenvalue weighted by Gasteiger charge is -2.19. The van der Waals surface area contributed by atoms with Gasteiger partial charge in [0.2, 0.25) is 0 Å². The van der Waals surface area contributed by atoms with Crippen LogP contribution >= 0.6 is 11.6 Å². The molecule has 0 aliphatic rings. The van der Waals surface area contributed by atoms with Crippen molar-refractivity contribution in [1.82, 2.24) is 0 Å². The molecule has 1 unspecified atom stereocenters. The summed E-state index contributed by atoms with van der Waals surface area (Å²) >= 11 is 5.78. The van der Waals surface area contributed by atoms with Gasteiger partial charge in [-0.15, -0.1) is 0 Å². The molecule has 106 valence electrons. The van der Waals surface area contributed by atoms with E-state index in [4.69, 9.17) is 16.3 Å². The summed E-state index contributed by atoms with van der Waals surface area (Å²) in [6.45, 7) is 4.04. The second-order valence-electron chi connectivity index (χ2n) is 4.74. The molecule has 0 amide bonds.